The highest BCUT2D eigenvalue weighted by molar-refractivity contribution is 7.99. The molecule has 0 aliphatic carbocycles. The summed E-state index contributed by atoms with van der Waals surface area (Å²) in [4.78, 5) is 12.9. The lowest BCUT2D eigenvalue weighted by molar-refractivity contribution is 0.252. The molecule has 0 heterocycles. The van der Waals surface area contributed by atoms with E-state index in [4.69, 9.17) is 11.6 Å². The van der Waals surface area contributed by atoms with Gasteiger partial charge in [0.05, 0.1) is 0 Å². The highest BCUT2D eigenvalue weighted by Crippen LogP contribution is 2.16. The van der Waals surface area contributed by atoms with Gasteiger partial charge in [-0.3, -0.25) is 0 Å². The minimum Gasteiger partial charge on any atom is -0.337 e. The Morgan fingerprint density at radius 1 is 1.10 bits per heavy atom. The lowest BCUT2D eigenvalue weighted by Crippen LogP contribution is -2.30. The average Bonchev–Trinajstić information content (AvgIpc) is 2.45. The Hall–Kier alpha value is -1.65. The Kier molecular flexibility index (Phi) is 5.77. The van der Waals surface area contributed by atoms with Crippen molar-refractivity contribution in [2.75, 3.05) is 17.6 Å². The number of halogens is 1. The summed E-state index contributed by atoms with van der Waals surface area (Å²) in [5.74, 6) is 0.826. The van der Waals surface area contributed by atoms with Gasteiger partial charge in [-0.05, 0) is 30.3 Å². The number of amides is 2. The molecular weight excluding hydrogens is 292 g/mol. The van der Waals surface area contributed by atoms with E-state index in [0.717, 1.165) is 5.75 Å². The average molecular weight is 307 g/mol. The largest absolute Gasteiger partial charge is 0.337 e. The minimum absolute atomic E-state index is 0.221. The first-order chi connectivity index (χ1) is 9.74. The van der Waals surface area contributed by atoms with Crippen molar-refractivity contribution in [1.82, 2.24) is 5.32 Å². The Morgan fingerprint density at radius 2 is 1.90 bits per heavy atom. The SMILES string of the molecule is O=C(NCCSc1ccccc1)Nc1cccc(Cl)c1. The number of nitrogens with one attached hydrogen (secondary N) is 2. The summed E-state index contributed by atoms with van der Waals surface area (Å²) in [5.41, 5.74) is 0.686. The quantitative estimate of drug-likeness (QED) is 0.640. The Morgan fingerprint density at radius 3 is 2.65 bits per heavy atom. The lowest BCUT2D eigenvalue weighted by atomic mass is 10.3. The van der Waals surface area contributed by atoms with Crippen LogP contribution in [0.5, 0.6) is 0 Å². The third kappa shape index (κ3) is 5.15. The number of urea groups is 1. The Labute approximate surface area is 127 Å². The topological polar surface area (TPSA) is 41.1 Å². The van der Waals surface area contributed by atoms with Crippen molar-refractivity contribution >= 4 is 35.1 Å². The fourth-order valence-electron chi connectivity index (χ4n) is 1.59. The predicted molar refractivity (Wildman–Crippen MR) is 85.6 cm³/mol. The number of hydrogen-bond donors (Lipinski definition) is 2. The Bertz CT molecular complexity index is 563. The smallest absolute Gasteiger partial charge is 0.319 e. The minimum atomic E-state index is -0.221. The van der Waals surface area contributed by atoms with Crippen LogP contribution in [-0.4, -0.2) is 18.3 Å². The van der Waals surface area contributed by atoms with Crippen LogP contribution in [0, 0.1) is 0 Å². The van der Waals surface area contributed by atoms with Gasteiger partial charge >= 0.3 is 6.03 Å². The molecule has 0 saturated carbocycles. The van der Waals surface area contributed by atoms with Crippen LogP contribution in [0.3, 0.4) is 0 Å². The fraction of sp³-hybridized carbons (Fsp3) is 0.133. The van der Waals surface area contributed by atoms with Gasteiger partial charge in [0, 0.05) is 27.9 Å². The van der Waals surface area contributed by atoms with Crippen LogP contribution in [0.1, 0.15) is 0 Å². The van der Waals surface area contributed by atoms with Gasteiger partial charge < -0.3 is 10.6 Å². The molecule has 0 saturated heterocycles. The van der Waals surface area contributed by atoms with Crippen molar-refractivity contribution in [2.45, 2.75) is 4.90 Å². The lowest BCUT2D eigenvalue weighted by Gasteiger charge is -2.07. The molecule has 0 aliphatic heterocycles. The second-order valence-electron chi connectivity index (χ2n) is 4.05. The summed E-state index contributed by atoms with van der Waals surface area (Å²) >= 11 is 7.56. The van der Waals surface area contributed by atoms with E-state index in [2.05, 4.69) is 22.8 Å². The number of benzene rings is 2. The zero-order valence-electron chi connectivity index (χ0n) is 10.8. The van der Waals surface area contributed by atoms with Crippen LogP contribution in [0.2, 0.25) is 5.02 Å². The van der Waals surface area contributed by atoms with Gasteiger partial charge in [0.25, 0.3) is 0 Å². The molecule has 2 N–H and O–H groups in total. The summed E-state index contributed by atoms with van der Waals surface area (Å²) in [5, 5.41) is 6.14. The first-order valence-corrected chi connectivity index (χ1v) is 7.59. The predicted octanol–water partition coefficient (Wildman–Crippen LogP) is 4.25. The summed E-state index contributed by atoms with van der Waals surface area (Å²) in [6, 6.07) is 16.9. The van der Waals surface area contributed by atoms with E-state index in [-0.39, 0.29) is 6.03 Å². The molecule has 0 atom stereocenters. The van der Waals surface area contributed by atoms with Crippen molar-refractivity contribution < 1.29 is 4.79 Å². The van der Waals surface area contributed by atoms with E-state index in [1.165, 1.54) is 4.90 Å². The molecule has 104 valence electrons. The van der Waals surface area contributed by atoms with Crippen molar-refractivity contribution in [3.05, 3.63) is 59.6 Å². The van der Waals surface area contributed by atoms with Gasteiger partial charge in [-0.15, -0.1) is 11.8 Å². The number of rotatable bonds is 5. The monoisotopic (exact) mass is 306 g/mol. The molecule has 2 rings (SSSR count). The van der Waals surface area contributed by atoms with Crippen molar-refractivity contribution in [3.63, 3.8) is 0 Å². The molecule has 2 amide bonds. The highest BCUT2D eigenvalue weighted by atomic mass is 35.5. The molecule has 0 radical (unpaired) electrons. The van der Waals surface area contributed by atoms with Crippen LogP contribution in [0.15, 0.2) is 59.5 Å². The molecule has 0 aromatic heterocycles. The number of carbonyl (C=O) groups excluding carboxylic acids is 1. The molecule has 3 nitrogen and oxygen atoms in total. The molecule has 20 heavy (non-hydrogen) atoms. The van der Waals surface area contributed by atoms with Crippen LogP contribution in [-0.2, 0) is 0 Å². The molecule has 2 aromatic carbocycles. The molecule has 0 spiro atoms. The van der Waals surface area contributed by atoms with E-state index >= 15 is 0 Å². The standard InChI is InChI=1S/C15H15ClN2OS/c16-12-5-4-6-13(11-12)18-15(19)17-9-10-20-14-7-2-1-3-8-14/h1-8,11H,9-10H2,(H2,17,18,19). The van der Waals surface area contributed by atoms with Gasteiger partial charge in [-0.25, -0.2) is 4.79 Å². The molecule has 0 bridgehead atoms. The number of hydrogen-bond acceptors (Lipinski definition) is 2. The maximum atomic E-state index is 11.7. The third-order valence-electron chi connectivity index (χ3n) is 2.48. The van der Waals surface area contributed by atoms with Gasteiger partial charge in [0.2, 0.25) is 0 Å². The van der Waals surface area contributed by atoms with E-state index in [9.17, 15) is 4.79 Å². The summed E-state index contributed by atoms with van der Waals surface area (Å²) < 4.78 is 0. The van der Waals surface area contributed by atoms with E-state index in [1.54, 1.807) is 36.0 Å². The van der Waals surface area contributed by atoms with Gasteiger partial charge in [0.15, 0.2) is 0 Å². The molecule has 0 aliphatic rings. The number of carbonyl (C=O) groups is 1. The first kappa shape index (κ1) is 14.8. The normalized spacial score (nSPS) is 10.1. The molecule has 5 heteroatoms. The molecule has 0 fully saturated rings. The number of anilines is 1. The van der Waals surface area contributed by atoms with Crippen LogP contribution >= 0.6 is 23.4 Å². The summed E-state index contributed by atoms with van der Waals surface area (Å²) in [6.07, 6.45) is 0. The molecular formula is C15H15ClN2OS. The fourth-order valence-corrected chi connectivity index (χ4v) is 2.57. The van der Waals surface area contributed by atoms with Crippen molar-refractivity contribution in [3.8, 4) is 0 Å². The van der Waals surface area contributed by atoms with Gasteiger partial charge in [-0.1, -0.05) is 35.9 Å². The second kappa shape index (κ2) is 7.82. The Balaban J connectivity index is 1.68. The van der Waals surface area contributed by atoms with Crippen molar-refractivity contribution in [2.24, 2.45) is 0 Å². The van der Waals surface area contributed by atoms with Gasteiger partial charge in [-0.2, -0.15) is 0 Å². The highest BCUT2D eigenvalue weighted by Gasteiger charge is 2.01. The van der Waals surface area contributed by atoms with Crippen LogP contribution in [0.4, 0.5) is 10.5 Å². The van der Waals surface area contributed by atoms with Crippen LogP contribution in [0.25, 0.3) is 0 Å². The van der Waals surface area contributed by atoms with E-state index in [1.807, 2.05) is 18.2 Å². The first-order valence-electron chi connectivity index (χ1n) is 6.22. The molecule has 2 aromatic rings. The van der Waals surface area contributed by atoms with Crippen LogP contribution < -0.4 is 10.6 Å². The second-order valence-corrected chi connectivity index (χ2v) is 5.66. The summed E-state index contributed by atoms with van der Waals surface area (Å²) in [6.45, 7) is 0.603. The maximum Gasteiger partial charge on any atom is 0.319 e. The van der Waals surface area contributed by atoms with E-state index in [0.29, 0.717) is 17.3 Å². The maximum absolute atomic E-state index is 11.7. The van der Waals surface area contributed by atoms with Crippen molar-refractivity contribution in [1.29, 1.82) is 0 Å². The zero-order chi connectivity index (χ0) is 14.2. The number of thioether (sulfide) groups is 1. The zero-order valence-corrected chi connectivity index (χ0v) is 12.4. The third-order valence-corrected chi connectivity index (χ3v) is 3.73. The van der Waals surface area contributed by atoms with Gasteiger partial charge in [0.1, 0.15) is 0 Å². The molecule has 0 unspecified atom stereocenters. The summed E-state index contributed by atoms with van der Waals surface area (Å²) in [7, 11) is 0. The van der Waals surface area contributed by atoms with E-state index < -0.39 is 0 Å².